The van der Waals surface area contributed by atoms with E-state index in [1.54, 1.807) is 11.0 Å². The first-order valence-electron chi connectivity index (χ1n) is 11.6. The minimum Gasteiger partial charge on any atom is -0.311 e. The van der Waals surface area contributed by atoms with Crippen molar-refractivity contribution in [3.63, 3.8) is 0 Å². The molecule has 1 N–H and O–H groups in total. The Balaban J connectivity index is 1.90. The highest BCUT2D eigenvalue weighted by Crippen LogP contribution is 2.49. The van der Waals surface area contributed by atoms with Crippen molar-refractivity contribution in [3.8, 4) is 0 Å². The van der Waals surface area contributed by atoms with Crippen molar-refractivity contribution < 1.29 is 18.0 Å². The zero-order valence-corrected chi connectivity index (χ0v) is 23.0. The summed E-state index contributed by atoms with van der Waals surface area (Å²) in [6.07, 6.45) is 0.663. The lowest BCUT2D eigenvalue weighted by atomic mass is 9.93. The number of thioether (sulfide) groups is 1. The zero-order valence-electron chi connectivity index (χ0n) is 20.6. The third-order valence-electron chi connectivity index (χ3n) is 5.81. The number of nitrogens with one attached hydrogen (secondary N) is 1. The molecular weight excluding hydrogens is 516 g/mol. The van der Waals surface area contributed by atoms with E-state index in [1.807, 2.05) is 80.1 Å². The summed E-state index contributed by atoms with van der Waals surface area (Å²) in [6.45, 7) is 6.55. The number of fused-ring (bicyclic) bond motifs is 2. The Morgan fingerprint density at radius 3 is 2.44 bits per heavy atom. The topological polar surface area (TPSA) is 83.6 Å². The van der Waals surface area contributed by atoms with Gasteiger partial charge in [0.2, 0.25) is 21.8 Å². The van der Waals surface area contributed by atoms with Crippen LogP contribution in [0, 0.1) is 5.41 Å². The van der Waals surface area contributed by atoms with E-state index < -0.39 is 21.2 Å². The Hall–Kier alpha value is -2.55. The van der Waals surface area contributed by atoms with Crippen LogP contribution in [-0.2, 0) is 19.6 Å². The fourth-order valence-electron chi connectivity index (χ4n) is 4.48. The molecule has 6 nitrogen and oxygen atoms in total. The molecule has 1 aliphatic heterocycles. The molecule has 0 aliphatic carbocycles. The first-order chi connectivity index (χ1) is 16.8. The third kappa shape index (κ3) is 6.05. The van der Waals surface area contributed by atoms with Crippen LogP contribution in [0.2, 0.25) is 5.02 Å². The SMILES string of the molecule is CC(C)(C)CN1C(=O)C(CC(=O)NS(C)(=O)=O)SC(c2cccc3ccccc23)c2cc(Cl)ccc21. The van der Waals surface area contributed by atoms with Gasteiger partial charge in [-0.15, -0.1) is 11.8 Å². The van der Waals surface area contributed by atoms with Gasteiger partial charge in [-0.05, 0) is 45.5 Å². The van der Waals surface area contributed by atoms with Crippen LogP contribution in [0.3, 0.4) is 0 Å². The molecule has 0 saturated heterocycles. The average Bonchev–Trinajstić information content (AvgIpc) is 2.87. The lowest BCUT2D eigenvalue weighted by Crippen LogP contribution is -2.44. The van der Waals surface area contributed by atoms with Gasteiger partial charge in [-0.1, -0.05) is 74.8 Å². The van der Waals surface area contributed by atoms with Crippen molar-refractivity contribution >= 4 is 61.7 Å². The van der Waals surface area contributed by atoms with Gasteiger partial charge in [-0.3, -0.25) is 14.3 Å². The van der Waals surface area contributed by atoms with Gasteiger partial charge in [0.25, 0.3) is 0 Å². The first-order valence-corrected chi connectivity index (χ1v) is 14.8. The van der Waals surface area contributed by atoms with E-state index in [1.165, 1.54) is 11.8 Å². The summed E-state index contributed by atoms with van der Waals surface area (Å²) in [7, 11) is -3.75. The maximum atomic E-state index is 14.0. The first kappa shape index (κ1) is 26.5. The van der Waals surface area contributed by atoms with Crippen molar-refractivity contribution in [2.45, 2.75) is 37.7 Å². The van der Waals surface area contributed by atoms with Crippen molar-refractivity contribution in [1.82, 2.24) is 4.72 Å². The van der Waals surface area contributed by atoms with Crippen LogP contribution in [-0.4, -0.2) is 38.3 Å². The van der Waals surface area contributed by atoms with Crippen LogP contribution in [0.5, 0.6) is 0 Å². The lowest BCUT2D eigenvalue weighted by Gasteiger charge is -2.31. The van der Waals surface area contributed by atoms with Crippen molar-refractivity contribution in [2.75, 3.05) is 17.7 Å². The molecule has 2 atom stereocenters. The number of nitrogens with zero attached hydrogens (tertiary/aromatic N) is 1. The van der Waals surface area contributed by atoms with E-state index in [4.69, 9.17) is 11.6 Å². The van der Waals surface area contributed by atoms with Gasteiger partial charge >= 0.3 is 0 Å². The van der Waals surface area contributed by atoms with Crippen LogP contribution >= 0.6 is 23.4 Å². The van der Waals surface area contributed by atoms with Gasteiger partial charge in [0, 0.05) is 23.7 Å². The maximum absolute atomic E-state index is 14.0. The monoisotopic (exact) mass is 544 g/mol. The van der Waals surface area contributed by atoms with E-state index in [0.717, 1.165) is 33.8 Å². The smallest absolute Gasteiger partial charge is 0.240 e. The van der Waals surface area contributed by atoms with Gasteiger partial charge in [-0.25, -0.2) is 8.42 Å². The summed E-state index contributed by atoms with van der Waals surface area (Å²) < 4.78 is 25.4. The lowest BCUT2D eigenvalue weighted by molar-refractivity contribution is -0.123. The van der Waals surface area contributed by atoms with Crippen LogP contribution < -0.4 is 9.62 Å². The maximum Gasteiger partial charge on any atom is 0.240 e. The molecule has 0 spiro atoms. The van der Waals surface area contributed by atoms with Crippen LogP contribution in [0.4, 0.5) is 5.69 Å². The highest BCUT2D eigenvalue weighted by molar-refractivity contribution is 8.01. The molecule has 2 unspecified atom stereocenters. The highest BCUT2D eigenvalue weighted by Gasteiger charge is 2.39. The number of carbonyl (C=O) groups excluding carboxylic acids is 2. The quantitative estimate of drug-likeness (QED) is 0.456. The summed E-state index contributed by atoms with van der Waals surface area (Å²) >= 11 is 7.83. The van der Waals surface area contributed by atoms with E-state index in [9.17, 15) is 18.0 Å². The molecule has 190 valence electrons. The summed E-state index contributed by atoms with van der Waals surface area (Å²) in [5.41, 5.74) is 2.40. The molecule has 9 heteroatoms. The van der Waals surface area contributed by atoms with Crippen LogP contribution in [0.25, 0.3) is 10.8 Å². The molecule has 4 rings (SSSR count). The molecule has 3 aromatic rings. The molecule has 3 aromatic carbocycles. The number of hydrogen-bond donors (Lipinski definition) is 1. The van der Waals surface area contributed by atoms with Crippen molar-refractivity contribution in [1.29, 1.82) is 0 Å². The van der Waals surface area contributed by atoms with E-state index in [2.05, 4.69) is 0 Å². The van der Waals surface area contributed by atoms with Gasteiger partial charge in [0.05, 0.1) is 16.8 Å². The minimum absolute atomic E-state index is 0.226. The number of anilines is 1. The normalized spacial score (nSPS) is 18.6. The molecule has 0 aromatic heterocycles. The summed E-state index contributed by atoms with van der Waals surface area (Å²) in [6, 6.07) is 19.6. The Bertz CT molecular complexity index is 1430. The second-order valence-electron chi connectivity index (χ2n) is 10.3. The summed E-state index contributed by atoms with van der Waals surface area (Å²) in [5, 5.41) is 1.54. The Morgan fingerprint density at radius 2 is 1.75 bits per heavy atom. The number of hydrogen-bond acceptors (Lipinski definition) is 5. The van der Waals surface area contributed by atoms with E-state index in [0.29, 0.717) is 11.6 Å². The van der Waals surface area contributed by atoms with Crippen molar-refractivity contribution in [3.05, 3.63) is 76.8 Å². The van der Waals surface area contributed by atoms with E-state index >= 15 is 0 Å². The fourth-order valence-corrected chi connectivity index (χ4v) is 6.66. The van der Waals surface area contributed by atoms with Crippen LogP contribution in [0.15, 0.2) is 60.7 Å². The van der Waals surface area contributed by atoms with Crippen molar-refractivity contribution in [2.24, 2.45) is 5.41 Å². The molecule has 0 radical (unpaired) electrons. The fraction of sp³-hybridized carbons (Fsp3) is 0.333. The minimum atomic E-state index is -3.75. The third-order valence-corrected chi connectivity index (χ3v) is 8.12. The predicted octanol–water partition coefficient (Wildman–Crippen LogP) is 5.54. The number of sulfonamides is 1. The average molecular weight is 545 g/mol. The number of halogens is 1. The predicted molar refractivity (Wildman–Crippen MR) is 148 cm³/mol. The van der Waals surface area contributed by atoms with Gasteiger partial charge in [-0.2, -0.15) is 0 Å². The zero-order chi connectivity index (χ0) is 26.3. The largest absolute Gasteiger partial charge is 0.311 e. The standard InChI is InChI=1S/C27H29ClN2O4S2/c1-27(2,3)16-30-22-13-12-18(28)14-21(22)25(20-11-7-9-17-8-5-6-10-19(17)20)35-23(26(30)32)15-24(31)29-36(4,33)34/h5-14,23,25H,15-16H2,1-4H3,(H,29,31). The van der Waals surface area contributed by atoms with Gasteiger partial charge in [0.1, 0.15) is 0 Å². The van der Waals surface area contributed by atoms with E-state index in [-0.39, 0.29) is 23.0 Å². The summed E-state index contributed by atoms with van der Waals surface area (Å²) in [5.74, 6) is -0.940. The molecule has 2 amide bonds. The molecule has 36 heavy (non-hydrogen) atoms. The Morgan fingerprint density at radius 1 is 1.06 bits per heavy atom. The second kappa shape index (κ2) is 10.1. The number of carbonyl (C=O) groups is 2. The number of rotatable bonds is 5. The summed E-state index contributed by atoms with van der Waals surface area (Å²) in [4.78, 5) is 28.3. The van der Waals surface area contributed by atoms with Gasteiger partial charge < -0.3 is 4.90 Å². The van der Waals surface area contributed by atoms with Gasteiger partial charge in [0.15, 0.2) is 0 Å². The molecule has 1 heterocycles. The second-order valence-corrected chi connectivity index (χ2v) is 13.8. The molecule has 0 bridgehead atoms. The number of benzene rings is 3. The Labute approximate surface area is 221 Å². The van der Waals surface area contributed by atoms with Crippen LogP contribution in [0.1, 0.15) is 43.6 Å². The highest BCUT2D eigenvalue weighted by atomic mass is 35.5. The number of amides is 2. The molecule has 0 fully saturated rings. The molecule has 1 aliphatic rings. The Kier molecular flexibility index (Phi) is 7.42. The molecule has 0 saturated carbocycles. The molecular formula is C27H29ClN2O4S2.